The molecule has 6 nitrogen and oxygen atoms in total. The van der Waals surface area contributed by atoms with Crippen molar-refractivity contribution < 1.29 is 9.47 Å². The average molecular weight is 288 g/mol. The normalized spacial score (nSPS) is 13.7. The maximum atomic E-state index is 5.61. The standard InChI is InChI=1S/C15H20N4O2/c1-3-14-16-15(18-17-14)10-19(2)9-11-4-5-12-13(8-11)21-7-6-20-12/h4-5,8H,3,6-7,9-10H2,1-2H3,(H,16,17,18). The summed E-state index contributed by atoms with van der Waals surface area (Å²) >= 11 is 0. The first kappa shape index (κ1) is 13.9. The number of aromatic nitrogens is 3. The van der Waals surface area contributed by atoms with E-state index in [1.807, 2.05) is 19.1 Å². The summed E-state index contributed by atoms with van der Waals surface area (Å²) in [7, 11) is 2.06. The molecular formula is C15H20N4O2. The molecule has 21 heavy (non-hydrogen) atoms. The number of ether oxygens (including phenoxy) is 2. The summed E-state index contributed by atoms with van der Waals surface area (Å²) in [4.78, 5) is 6.61. The third kappa shape index (κ3) is 3.33. The number of hydrogen-bond donors (Lipinski definition) is 1. The Bertz CT molecular complexity index is 611. The molecule has 2 aromatic rings. The predicted molar refractivity (Wildman–Crippen MR) is 78.4 cm³/mol. The van der Waals surface area contributed by atoms with Gasteiger partial charge in [-0.15, -0.1) is 0 Å². The number of nitrogens with one attached hydrogen (secondary N) is 1. The minimum Gasteiger partial charge on any atom is -0.486 e. The highest BCUT2D eigenvalue weighted by atomic mass is 16.6. The lowest BCUT2D eigenvalue weighted by atomic mass is 10.2. The molecule has 3 rings (SSSR count). The summed E-state index contributed by atoms with van der Waals surface area (Å²) < 4.78 is 11.1. The number of nitrogens with zero attached hydrogens (tertiary/aromatic N) is 3. The van der Waals surface area contributed by atoms with Crippen molar-refractivity contribution >= 4 is 0 Å². The number of hydrogen-bond acceptors (Lipinski definition) is 5. The fourth-order valence-electron chi connectivity index (χ4n) is 2.37. The Hall–Kier alpha value is -2.08. The third-order valence-electron chi connectivity index (χ3n) is 3.37. The quantitative estimate of drug-likeness (QED) is 0.908. The Morgan fingerprint density at radius 1 is 1.19 bits per heavy atom. The molecule has 1 aliphatic rings. The molecule has 1 aromatic heterocycles. The first-order valence-corrected chi connectivity index (χ1v) is 7.22. The molecule has 0 bridgehead atoms. The number of H-pyrrole nitrogens is 1. The highest BCUT2D eigenvalue weighted by Crippen LogP contribution is 2.31. The van der Waals surface area contributed by atoms with E-state index < -0.39 is 0 Å². The number of aromatic amines is 1. The van der Waals surface area contributed by atoms with Crippen LogP contribution in [0.4, 0.5) is 0 Å². The number of fused-ring (bicyclic) bond motifs is 1. The third-order valence-corrected chi connectivity index (χ3v) is 3.37. The Labute approximate surface area is 124 Å². The largest absolute Gasteiger partial charge is 0.486 e. The first-order chi connectivity index (χ1) is 10.2. The van der Waals surface area contributed by atoms with Crippen molar-refractivity contribution in [3.05, 3.63) is 35.4 Å². The van der Waals surface area contributed by atoms with Crippen LogP contribution in [0.2, 0.25) is 0 Å². The minimum absolute atomic E-state index is 0.615. The van der Waals surface area contributed by atoms with E-state index in [-0.39, 0.29) is 0 Å². The molecule has 0 fully saturated rings. The first-order valence-electron chi connectivity index (χ1n) is 7.22. The van der Waals surface area contributed by atoms with Crippen molar-refractivity contribution in [1.82, 2.24) is 20.1 Å². The zero-order chi connectivity index (χ0) is 14.7. The van der Waals surface area contributed by atoms with E-state index >= 15 is 0 Å². The predicted octanol–water partition coefficient (Wildman–Crippen LogP) is 1.77. The van der Waals surface area contributed by atoms with Gasteiger partial charge in [0, 0.05) is 13.0 Å². The lowest BCUT2D eigenvalue weighted by molar-refractivity contribution is 0.171. The molecule has 1 aromatic carbocycles. The van der Waals surface area contributed by atoms with Crippen LogP contribution in [0.1, 0.15) is 24.1 Å². The highest BCUT2D eigenvalue weighted by Gasteiger charge is 2.13. The second kappa shape index (κ2) is 6.13. The van der Waals surface area contributed by atoms with Crippen molar-refractivity contribution in [3.8, 4) is 11.5 Å². The van der Waals surface area contributed by atoms with Gasteiger partial charge in [0.25, 0.3) is 0 Å². The van der Waals surface area contributed by atoms with Crippen LogP contribution in [0.15, 0.2) is 18.2 Å². The number of aryl methyl sites for hydroxylation is 1. The Morgan fingerprint density at radius 2 is 2.00 bits per heavy atom. The van der Waals surface area contributed by atoms with Crippen molar-refractivity contribution in [2.75, 3.05) is 20.3 Å². The fraction of sp³-hybridized carbons (Fsp3) is 0.467. The van der Waals surface area contributed by atoms with Crippen LogP contribution >= 0.6 is 0 Å². The van der Waals surface area contributed by atoms with Crippen LogP contribution in [-0.2, 0) is 19.5 Å². The summed E-state index contributed by atoms with van der Waals surface area (Å²) in [5.74, 6) is 3.42. The lowest BCUT2D eigenvalue weighted by Crippen LogP contribution is -2.19. The molecule has 112 valence electrons. The van der Waals surface area contributed by atoms with E-state index in [2.05, 4.69) is 33.2 Å². The van der Waals surface area contributed by atoms with Gasteiger partial charge in [0.15, 0.2) is 11.5 Å². The van der Waals surface area contributed by atoms with Crippen LogP contribution < -0.4 is 9.47 Å². The summed E-state index contributed by atoms with van der Waals surface area (Å²) in [6.45, 7) is 4.84. The summed E-state index contributed by atoms with van der Waals surface area (Å²) in [6.07, 6.45) is 0.850. The summed E-state index contributed by atoms with van der Waals surface area (Å²) in [5, 5.41) is 7.13. The molecule has 6 heteroatoms. The van der Waals surface area contributed by atoms with Crippen molar-refractivity contribution in [2.24, 2.45) is 0 Å². The summed E-state index contributed by atoms with van der Waals surface area (Å²) in [6, 6.07) is 6.09. The molecule has 0 unspecified atom stereocenters. The molecular weight excluding hydrogens is 268 g/mol. The van der Waals surface area contributed by atoms with E-state index in [0.717, 1.165) is 42.7 Å². The van der Waals surface area contributed by atoms with E-state index in [1.165, 1.54) is 5.56 Å². The Morgan fingerprint density at radius 3 is 2.76 bits per heavy atom. The topological polar surface area (TPSA) is 63.3 Å². The van der Waals surface area contributed by atoms with Gasteiger partial charge >= 0.3 is 0 Å². The zero-order valence-electron chi connectivity index (χ0n) is 12.4. The maximum Gasteiger partial charge on any atom is 0.161 e. The van der Waals surface area contributed by atoms with Gasteiger partial charge in [0.2, 0.25) is 0 Å². The van der Waals surface area contributed by atoms with Crippen LogP contribution in [-0.4, -0.2) is 40.3 Å². The zero-order valence-corrected chi connectivity index (χ0v) is 12.4. The molecule has 1 N–H and O–H groups in total. The highest BCUT2D eigenvalue weighted by molar-refractivity contribution is 5.43. The van der Waals surface area contributed by atoms with Gasteiger partial charge in [-0.2, -0.15) is 5.10 Å². The van der Waals surface area contributed by atoms with Gasteiger partial charge in [-0.05, 0) is 24.7 Å². The molecule has 0 atom stereocenters. The van der Waals surface area contributed by atoms with Crippen molar-refractivity contribution in [3.63, 3.8) is 0 Å². The van der Waals surface area contributed by atoms with Crippen molar-refractivity contribution in [2.45, 2.75) is 26.4 Å². The molecule has 0 spiro atoms. The molecule has 0 saturated heterocycles. The van der Waals surface area contributed by atoms with Gasteiger partial charge < -0.3 is 9.47 Å². The van der Waals surface area contributed by atoms with Crippen LogP contribution in [0.25, 0.3) is 0 Å². The van der Waals surface area contributed by atoms with E-state index in [4.69, 9.17) is 9.47 Å². The minimum atomic E-state index is 0.615. The number of rotatable bonds is 5. The van der Waals surface area contributed by atoms with Crippen LogP contribution in [0.5, 0.6) is 11.5 Å². The molecule has 0 saturated carbocycles. The van der Waals surface area contributed by atoms with E-state index in [0.29, 0.717) is 13.2 Å². The van der Waals surface area contributed by atoms with Crippen LogP contribution in [0, 0.1) is 0 Å². The van der Waals surface area contributed by atoms with Gasteiger partial charge in [-0.1, -0.05) is 13.0 Å². The van der Waals surface area contributed by atoms with Crippen LogP contribution in [0.3, 0.4) is 0 Å². The molecule has 0 radical (unpaired) electrons. The second-order valence-corrected chi connectivity index (χ2v) is 5.20. The smallest absolute Gasteiger partial charge is 0.161 e. The van der Waals surface area contributed by atoms with Gasteiger partial charge in [-0.3, -0.25) is 10.00 Å². The lowest BCUT2D eigenvalue weighted by Gasteiger charge is -2.20. The van der Waals surface area contributed by atoms with E-state index in [1.54, 1.807) is 0 Å². The van der Waals surface area contributed by atoms with Crippen molar-refractivity contribution in [1.29, 1.82) is 0 Å². The molecule has 0 aliphatic carbocycles. The van der Waals surface area contributed by atoms with Gasteiger partial charge in [-0.25, -0.2) is 4.98 Å². The fourth-order valence-corrected chi connectivity index (χ4v) is 2.37. The Kier molecular flexibility index (Phi) is 4.06. The monoisotopic (exact) mass is 288 g/mol. The molecule has 2 heterocycles. The van der Waals surface area contributed by atoms with Gasteiger partial charge in [0.05, 0.1) is 6.54 Å². The van der Waals surface area contributed by atoms with E-state index in [9.17, 15) is 0 Å². The maximum absolute atomic E-state index is 5.61. The second-order valence-electron chi connectivity index (χ2n) is 5.20. The summed E-state index contributed by atoms with van der Waals surface area (Å²) in [5.41, 5.74) is 1.19. The molecule has 0 amide bonds. The van der Waals surface area contributed by atoms with Gasteiger partial charge in [0.1, 0.15) is 24.9 Å². The average Bonchev–Trinajstić information content (AvgIpc) is 2.94. The number of benzene rings is 1. The SMILES string of the molecule is CCc1n[nH]c(CN(C)Cc2ccc3c(c2)OCCO3)n1. The Balaban J connectivity index is 1.62. The molecule has 1 aliphatic heterocycles.